The van der Waals surface area contributed by atoms with Crippen LogP contribution in [-0.2, 0) is 11.3 Å². The maximum absolute atomic E-state index is 12.6. The third-order valence-electron chi connectivity index (χ3n) is 4.35. The number of carbonyl (C=O) groups excluding carboxylic acids is 1. The number of rotatable bonds is 6. The molecule has 0 bridgehead atoms. The molecule has 1 atom stereocenters. The van der Waals surface area contributed by atoms with Crippen LogP contribution in [0.3, 0.4) is 0 Å². The molecule has 1 unspecified atom stereocenters. The summed E-state index contributed by atoms with van der Waals surface area (Å²) >= 11 is 0. The van der Waals surface area contributed by atoms with Crippen LogP contribution in [0.5, 0.6) is 0 Å². The van der Waals surface area contributed by atoms with Gasteiger partial charge in [-0.1, -0.05) is 0 Å². The first kappa shape index (κ1) is 17.3. The van der Waals surface area contributed by atoms with E-state index in [1.165, 1.54) is 0 Å². The Hall–Kier alpha value is -2.48. The highest BCUT2D eigenvalue weighted by Crippen LogP contribution is 2.10. The van der Waals surface area contributed by atoms with E-state index in [2.05, 4.69) is 25.3 Å². The Kier molecular flexibility index (Phi) is 5.60. The average Bonchev–Trinajstić information content (AvgIpc) is 3.07. The molecule has 0 spiro atoms. The van der Waals surface area contributed by atoms with Crippen molar-refractivity contribution in [3.63, 3.8) is 0 Å². The highest BCUT2D eigenvalue weighted by atomic mass is 16.2. The monoisotopic (exact) mass is 343 g/mol. The van der Waals surface area contributed by atoms with Crippen molar-refractivity contribution in [2.45, 2.75) is 26.4 Å². The lowest BCUT2D eigenvalue weighted by atomic mass is 10.2. The number of amides is 1. The van der Waals surface area contributed by atoms with Crippen LogP contribution in [0.25, 0.3) is 0 Å². The minimum Gasteiger partial charge on any atom is -0.338 e. The molecule has 0 saturated carbocycles. The number of hydrogen-bond acceptors (Lipinski definition) is 6. The summed E-state index contributed by atoms with van der Waals surface area (Å²) in [5.74, 6) is 0.876. The predicted molar refractivity (Wildman–Crippen MR) is 95.3 cm³/mol. The summed E-state index contributed by atoms with van der Waals surface area (Å²) in [4.78, 5) is 25.1. The minimum atomic E-state index is -0.198. The third kappa shape index (κ3) is 4.54. The first-order valence-corrected chi connectivity index (χ1v) is 8.66. The third-order valence-corrected chi connectivity index (χ3v) is 4.35. The SMILES string of the molecule is Cc1cnn(CCNC(C)C(=O)N2CCN(c3ncccn3)CC2)c1. The largest absolute Gasteiger partial charge is 0.338 e. The van der Waals surface area contributed by atoms with E-state index in [1.807, 2.05) is 35.8 Å². The topological polar surface area (TPSA) is 79.2 Å². The zero-order chi connectivity index (χ0) is 17.6. The molecular formula is C17H25N7O. The lowest BCUT2D eigenvalue weighted by molar-refractivity contribution is -0.133. The van der Waals surface area contributed by atoms with Gasteiger partial charge in [0.1, 0.15) is 0 Å². The fraction of sp³-hybridized carbons (Fsp3) is 0.529. The quantitative estimate of drug-likeness (QED) is 0.813. The molecule has 0 aromatic carbocycles. The summed E-state index contributed by atoms with van der Waals surface area (Å²) in [5, 5.41) is 7.54. The molecule has 25 heavy (non-hydrogen) atoms. The average molecular weight is 343 g/mol. The van der Waals surface area contributed by atoms with Gasteiger partial charge in [-0.25, -0.2) is 9.97 Å². The molecule has 1 aliphatic rings. The van der Waals surface area contributed by atoms with Gasteiger partial charge in [-0.2, -0.15) is 5.10 Å². The van der Waals surface area contributed by atoms with Crippen molar-refractivity contribution in [2.24, 2.45) is 0 Å². The summed E-state index contributed by atoms with van der Waals surface area (Å²) < 4.78 is 1.89. The van der Waals surface area contributed by atoms with E-state index >= 15 is 0 Å². The lowest BCUT2D eigenvalue weighted by Gasteiger charge is -2.36. The maximum atomic E-state index is 12.6. The van der Waals surface area contributed by atoms with Gasteiger partial charge in [-0.15, -0.1) is 0 Å². The predicted octanol–water partition coefficient (Wildman–Crippen LogP) is 0.308. The molecule has 134 valence electrons. The van der Waals surface area contributed by atoms with Crippen molar-refractivity contribution in [3.05, 3.63) is 36.4 Å². The van der Waals surface area contributed by atoms with Crippen molar-refractivity contribution in [1.29, 1.82) is 0 Å². The van der Waals surface area contributed by atoms with Crippen LogP contribution >= 0.6 is 0 Å². The number of anilines is 1. The zero-order valence-electron chi connectivity index (χ0n) is 14.8. The molecule has 1 N–H and O–H groups in total. The fourth-order valence-electron chi connectivity index (χ4n) is 2.93. The normalized spacial score (nSPS) is 16.1. The molecule has 8 heteroatoms. The number of carbonyl (C=O) groups is 1. The second kappa shape index (κ2) is 8.06. The van der Waals surface area contributed by atoms with Crippen molar-refractivity contribution in [3.8, 4) is 0 Å². The minimum absolute atomic E-state index is 0.144. The Morgan fingerprint density at radius 1 is 1.24 bits per heavy atom. The highest BCUT2D eigenvalue weighted by Gasteiger charge is 2.25. The molecule has 1 aliphatic heterocycles. The highest BCUT2D eigenvalue weighted by molar-refractivity contribution is 5.81. The van der Waals surface area contributed by atoms with E-state index in [9.17, 15) is 4.79 Å². The fourth-order valence-corrected chi connectivity index (χ4v) is 2.93. The van der Waals surface area contributed by atoms with Crippen molar-refractivity contribution in [1.82, 2.24) is 30.0 Å². The van der Waals surface area contributed by atoms with Crippen molar-refractivity contribution < 1.29 is 4.79 Å². The Bertz CT molecular complexity index is 679. The zero-order valence-corrected chi connectivity index (χ0v) is 14.8. The molecule has 1 saturated heterocycles. The second-order valence-corrected chi connectivity index (χ2v) is 6.32. The van der Waals surface area contributed by atoms with Gasteiger partial charge < -0.3 is 15.1 Å². The van der Waals surface area contributed by atoms with Crippen molar-refractivity contribution in [2.75, 3.05) is 37.6 Å². The van der Waals surface area contributed by atoms with Crippen LogP contribution in [-0.4, -0.2) is 69.3 Å². The number of aromatic nitrogens is 4. The molecule has 1 fully saturated rings. The van der Waals surface area contributed by atoms with Gasteiger partial charge in [0, 0.05) is 51.3 Å². The molecule has 2 aromatic heterocycles. The summed E-state index contributed by atoms with van der Waals surface area (Å²) in [6.45, 7) is 8.32. The molecular weight excluding hydrogens is 318 g/mol. The summed E-state index contributed by atoms with van der Waals surface area (Å²) in [6.07, 6.45) is 7.32. The Morgan fingerprint density at radius 2 is 1.96 bits per heavy atom. The van der Waals surface area contributed by atoms with Crippen LogP contribution in [0.2, 0.25) is 0 Å². The molecule has 0 aliphatic carbocycles. The van der Waals surface area contributed by atoms with E-state index in [4.69, 9.17) is 0 Å². The molecule has 3 rings (SSSR count). The van der Waals surface area contributed by atoms with Crippen LogP contribution in [0, 0.1) is 6.92 Å². The van der Waals surface area contributed by atoms with E-state index in [1.54, 1.807) is 18.5 Å². The summed E-state index contributed by atoms with van der Waals surface area (Å²) in [7, 11) is 0. The van der Waals surface area contributed by atoms with Crippen molar-refractivity contribution >= 4 is 11.9 Å². The van der Waals surface area contributed by atoms with E-state index in [-0.39, 0.29) is 11.9 Å². The van der Waals surface area contributed by atoms with Crippen LogP contribution < -0.4 is 10.2 Å². The Labute approximate surface area is 147 Å². The van der Waals surface area contributed by atoms with Gasteiger partial charge in [0.05, 0.1) is 18.8 Å². The number of nitrogens with zero attached hydrogens (tertiary/aromatic N) is 6. The summed E-state index contributed by atoms with van der Waals surface area (Å²) in [5.41, 5.74) is 1.14. The lowest BCUT2D eigenvalue weighted by Crippen LogP contribution is -2.54. The van der Waals surface area contributed by atoms with Gasteiger partial charge in [0.25, 0.3) is 0 Å². The first-order valence-electron chi connectivity index (χ1n) is 8.66. The van der Waals surface area contributed by atoms with Gasteiger partial charge in [-0.3, -0.25) is 9.48 Å². The maximum Gasteiger partial charge on any atom is 0.239 e. The van der Waals surface area contributed by atoms with Gasteiger partial charge in [0.2, 0.25) is 11.9 Å². The number of aryl methyl sites for hydroxylation is 1. The molecule has 2 aromatic rings. The number of hydrogen-bond donors (Lipinski definition) is 1. The smallest absolute Gasteiger partial charge is 0.239 e. The molecule has 0 radical (unpaired) electrons. The van der Waals surface area contributed by atoms with Gasteiger partial charge >= 0.3 is 0 Å². The summed E-state index contributed by atoms with van der Waals surface area (Å²) in [6, 6.07) is 1.61. The molecule has 3 heterocycles. The standard InChI is InChI=1S/C17H25N7O/c1-14-12-21-24(13-14)7-6-18-15(2)16(25)22-8-10-23(11-9-22)17-19-4-3-5-20-17/h3-5,12-13,15,18H,6-11H2,1-2H3. The van der Waals surface area contributed by atoms with Gasteiger partial charge in [-0.05, 0) is 25.5 Å². The Morgan fingerprint density at radius 3 is 2.60 bits per heavy atom. The van der Waals surface area contributed by atoms with Crippen LogP contribution in [0.4, 0.5) is 5.95 Å². The second-order valence-electron chi connectivity index (χ2n) is 6.32. The first-order chi connectivity index (χ1) is 12.1. The number of nitrogens with one attached hydrogen (secondary N) is 1. The molecule has 8 nitrogen and oxygen atoms in total. The van der Waals surface area contributed by atoms with E-state index in [0.29, 0.717) is 19.6 Å². The van der Waals surface area contributed by atoms with E-state index < -0.39 is 0 Å². The molecule has 1 amide bonds. The number of piperazine rings is 1. The van der Waals surface area contributed by atoms with Crippen LogP contribution in [0.1, 0.15) is 12.5 Å². The van der Waals surface area contributed by atoms with Gasteiger partial charge in [0.15, 0.2) is 0 Å². The van der Waals surface area contributed by atoms with Crippen LogP contribution in [0.15, 0.2) is 30.9 Å². The van der Waals surface area contributed by atoms with E-state index in [0.717, 1.165) is 31.1 Å². The Balaban J connectivity index is 1.42.